The molecule has 0 aliphatic heterocycles. The van der Waals surface area contributed by atoms with Crippen LogP contribution in [0.5, 0.6) is 0 Å². The highest BCUT2D eigenvalue weighted by molar-refractivity contribution is 6.21. The molecule has 0 nitrogen and oxygen atoms in total. The van der Waals surface area contributed by atoms with E-state index >= 15 is 0 Å². The van der Waals surface area contributed by atoms with Crippen LogP contribution in [0.4, 0.5) is 0 Å². The Morgan fingerprint density at radius 3 is 1.41 bits per heavy atom. The Kier molecular flexibility index (Phi) is 12.9. The largest absolute Gasteiger partial charge is 0.0877 e. The van der Waals surface area contributed by atoms with E-state index in [4.69, 9.17) is 0 Å². The third-order valence-electron chi connectivity index (χ3n) is 15.7. The molecule has 3 aliphatic rings. The third kappa shape index (κ3) is 9.08. The van der Waals surface area contributed by atoms with Gasteiger partial charge >= 0.3 is 0 Å². The lowest BCUT2D eigenvalue weighted by molar-refractivity contribution is 0.658. The first-order valence-electron chi connectivity index (χ1n) is 26.6. The summed E-state index contributed by atoms with van der Waals surface area (Å²) in [7, 11) is 0. The van der Waals surface area contributed by atoms with Gasteiger partial charge in [0.25, 0.3) is 0 Å². The molecule has 0 N–H and O–H groups in total. The van der Waals surface area contributed by atoms with Crippen molar-refractivity contribution in [2.45, 2.75) is 27.7 Å². The van der Waals surface area contributed by atoms with Crippen molar-refractivity contribution in [2.24, 2.45) is 17.8 Å². The molecule has 0 aromatic heterocycles. The van der Waals surface area contributed by atoms with Crippen LogP contribution in [-0.2, 0) is 0 Å². The Morgan fingerprint density at radius 1 is 0.413 bits per heavy atom. The van der Waals surface area contributed by atoms with Gasteiger partial charge in [-0.2, -0.15) is 0 Å². The Morgan fingerprint density at radius 2 is 0.880 bits per heavy atom. The average Bonchev–Trinajstić information content (AvgIpc) is 3.50. The van der Waals surface area contributed by atoms with Crippen molar-refractivity contribution in [1.29, 1.82) is 0 Å². The molecular weight excluding hydrogens is 901 g/mol. The minimum atomic E-state index is 0.357. The van der Waals surface area contributed by atoms with Crippen molar-refractivity contribution in [2.75, 3.05) is 0 Å². The fourth-order valence-electron chi connectivity index (χ4n) is 11.8. The molecule has 0 heterocycles. The van der Waals surface area contributed by atoms with Crippen LogP contribution in [0.1, 0.15) is 38.8 Å². The first-order valence-corrected chi connectivity index (χ1v) is 26.6. The molecule has 13 rings (SSSR count). The first kappa shape index (κ1) is 47.2. The van der Waals surface area contributed by atoms with Crippen LogP contribution in [0.15, 0.2) is 290 Å². The van der Waals surface area contributed by atoms with Gasteiger partial charge in [0.2, 0.25) is 0 Å². The number of benzene rings is 10. The van der Waals surface area contributed by atoms with Crippen LogP contribution in [0, 0.1) is 17.8 Å². The quantitative estimate of drug-likeness (QED) is 0.110. The van der Waals surface area contributed by atoms with Crippen LogP contribution in [0.2, 0.25) is 0 Å². The van der Waals surface area contributed by atoms with Gasteiger partial charge in [0.05, 0.1) is 0 Å². The minimum Gasteiger partial charge on any atom is -0.0877 e. The molecule has 0 saturated heterocycles. The molecule has 3 aliphatic carbocycles. The Balaban J connectivity index is 0.000000153. The summed E-state index contributed by atoms with van der Waals surface area (Å²) in [6, 6.07) is 66.6. The van der Waals surface area contributed by atoms with Crippen molar-refractivity contribution in [3.05, 3.63) is 301 Å². The normalized spacial score (nSPS) is 18.1. The molecule has 0 radical (unpaired) electrons. The third-order valence-corrected chi connectivity index (χ3v) is 15.7. The van der Waals surface area contributed by atoms with Crippen molar-refractivity contribution in [3.63, 3.8) is 0 Å². The summed E-state index contributed by atoms with van der Waals surface area (Å²) in [5, 5.41) is 15.5. The summed E-state index contributed by atoms with van der Waals surface area (Å²) in [5.74, 6) is 1.18. The fraction of sp³-hybridized carbons (Fsp3) is 0.0933. The van der Waals surface area contributed by atoms with Gasteiger partial charge in [-0.1, -0.05) is 268 Å². The highest BCUT2D eigenvalue weighted by Crippen LogP contribution is 2.46. The van der Waals surface area contributed by atoms with Crippen molar-refractivity contribution >= 4 is 75.8 Å². The van der Waals surface area contributed by atoms with E-state index in [0.717, 1.165) is 0 Å². The number of hydrogen-bond donors (Lipinski definition) is 0. The van der Waals surface area contributed by atoms with E-state index < -0.39 is 0 Å². The lowest BCUT2D eigenvalue weighted by Gasteiger charge is -2.27. The average molecular weight is 961 g/mol. The first-order chi connectivity index (χ1) is 36.9. The second-order valence-electron chi connectivity index (χ2n) is 20.3. The summed E-state index contributed by atoms with van der Waals surface area (Å²) in [5.41, 5.74) is 14.4. The molecule has 0 amide bonds. The number of rotatable bonds is 7. The topological polar surface area (TPSA) is 0 Å². The molecule has 3 unspecified atom stereocenters. The summed E-state index contributed by atoms with van der Waals surface area (Å²) in [6.45, 7) is 8.74. The molecule has 0 spiro atoms. The van der Waals surface area contributed by atoms with Gasteiger partial charge in [-0.3, -0.25) is 0 Å². The second kappa shape index (κ2) is 20.6. The Hall–Kier alpha value is -8.84. The standard InChI is InChI=1S/C40H32.C35H28/c1-3-4-11-27(2)29-19-20-32-26-34(23-21-31(32)24-29)40-37-16-9-7-14-35(37)39(36-15-8-10-17-38(36)40)33-22-18-28-12-5-6-13-30(28)25-33;1-24-11-3-4-12-26(24)20-19-25(2)34-30-15-7-9-17-32(30)35(33-18-10-8-16-31(33)34)29-22-21-27-13-5-6-14-28(27)23-29/h3-26,31-32H,1-2H3;3-24H,1-2H3/b4-3-,27-11+;25-19+,26-20-. The predicted octanol–water partition coefficient (Wildman–Crippen LogP) is 20.9. The highest BCUT2D eigenvalue weighted by atomic mass is 14.3. The maximum absolute atomic E-state index is 2.48. The zero-order valence-corrected chi connectivity index (χ0v) is 43.2. The van der Waals surface area contributed by atoms with E-state index in [1.54, 1.807) is 0 Å². The zero-order valence-electron chi connectivity index (χ0n) is 43.2. The highest BCUT2D eigenvalue weighted by Gasteiger charge is 2.24. The minimum absolute atomic E-state index is 0.357. The molecule has 0 heteroatoms. The van der Waals surface area contributed by atoms with Crippen LogP contribution in [-0.4, -0.2) is 0 Å². The maximum Gasteiger partial charge on any atom is 0.00571 e. The van der Waals surface area contributed by atoms with Gasteiger partial charge in [0.15, 0.2) is 0 Å². The summed E-state index contributed by atoms with van der Waals surface area (Å²) < 4.78 is 0. The second-order valence-corrected chi connectivity index (χ2v) is 20.3. The summed E-state index contributed by atoms with van der Waals surface area (Å²) in [6.07, 6.45) is 34.0. The van der Waals surface area contributed by atoms with Gasteiger partial charge in [0, 0.05) is 11.8 Å². The van der Waals surface area contributed by atoms with E-state index in [1.165, 1.54) is 126 Å². The predicted molar refractivity (Wildman–Crippen MR) is 328 cm³/mol. The SMILES string of the molecule is C/C(=C\C=C1\C=CC=CC1C)c1c2ccccc2c(-c2ccc3ccccc3c2)c2ccccc12.C/C=C\C=C(/C)C1=CC2C=CC(c3c4ccccc4c(-c4ccc5ccccc5c4)c4ccccc34)=CC2C=C1. The van der Waals surface area contributed by atoms with E-state index in [0.29, 0.717) is 17.8 Å². The van der Waals surface area contributed by atoms with Gasteiger partial charge in [-0.25, -0.2) is 0 Å². The molecule has 3 atom stereocenters. The van der Waals surface area contributed by atoms with Gasteiger partial charge in [-0.05, 0) is 165 Å². The lowest BCUT2D eigenvalue weighted by atomic mass is 9.77. The number of hydrogen-bond acceptors (Lipinski definition) is 0. The monoisotopic (exact) mass is 960 g/mol. The molecule has 75 heavy (non-hydrogen) atoms. The van der Waals surface area contributed by atoms with E-state index in [9.17, 15) is 0 Å². The van der Waals surface area contributed by atoms with Crippen LogP contribution < -0.4 is 0 Å². The lowest BCUT2D eigenvalue weighted by Crippen LogP contribution is -2.13. The van der Waals surface area contributed by atoms with Crippen molar-refractivity contribution < 1.29 is 0 Å². The molecule has 10 aromatic rings. The maximum atomic E-state index is 2.48. The van der Waals surface area contributed by atoms with Crippen molar-refractivity contribution in [1.82, 2.24) is 0 Å². The fourth-order valence-corrected chi connectivity index (χ4v) is 11.8. The summed E-state index contributed by atoms with van der Waals surface area (Å²) >= 11 is 0. The Bertz CT molecular complexity index is 4110. The van der Waals surface area contributed by atoms with Crippen LogP contribution in [0.25, 0.3) is 98.0 Å². The van der Waals surface area contributed by atoms with Crippen LogP contribution >= 0.6 is 0 Å². The molecule has 360 valence electrons. The molecule has 10 aromatic carbocycles. The molecule has 0 bridgehead atoms. The van der Waals surface area contributed by atoms with E-state index in [-0.39, 0.29) is 0 Å². The van der Waals surface area contributed by atoms with Gasteiger partial charge in [-0.15, -0.1) is 0 Å². The molecule has 0 saturated carbocycles. The van der Waals surface area contributed by atoms with E-state index in [2.05, 4.69) is 301 Å². The van der Waals surface area contributed by atoms with Crippen LogP contribution in [0.3, 0.4) is 0 Å². The number of allylic oxidation sites excluding steroid dienone is 20. The zero-order chi connectivity index (χ0) is 50.8. The van der Waals surface area contributed by atoms with E-state index in [1.807, 2.05) is 0 Å². The van der Waals surface area contributed by atoms with Crippen molar-refractivity contribution in [3.8, 4) is 22.3 Å². The Labute approximate surface area is 442 Å². The summed E-state index contributed by atoms with van der Waals surface area (Å²) in [4.78, 5) is 0. The van der Waals surface area contributed by atoms with Gasteiger partial charge in [0.1, 0.15) is 0 Å². The molecule has 0 fully saturated rings. The van der Waals surface area contributed by atoms with Gasteiger partial charge < -0.3 is 0 Å². The molecular formula is C75H60. The smallest absolute Gasteiger partial charge is 0.00571 e. The number of fused-ring (bicyclic) bond motifs is 7.